The van der Waals surface area contributed by atoms with Crippen LogP contribution in [-0.2, 0) is 6.54 Å². The van der Waals surface area contributed by atoms with Gasteiger partial charge in [0.15, 0.2) is 0 Å². The number of pyridine rings is 2. The molecule has 0 aliphatic carbocycles. The van der Waals surface area contributed by atoms with Gasteiger partial charge in [0.1, 0.15) is 0 Å². The van der Waals surface area contributed by atoms with Gasteiger partial charge in [0.2, 0.25) is 0 Å². The summed E-state index contributed by atoms with van der Waals surface area (Å²) >= 11 is 0. The summed E-state index contributed by atoms with van der Waals surface area (Å²) in [5.41, 5.74) is 2.49. The number of para-hydroxylation sites is 1. The Kier molecular flexibility index (Phi) is 4.85. The fraction of sp³-hybridized carbons (Fsp3) is 0.250. The van der Waals surface area contributed by atoms with E-state index in [1.54, 1.807) is 18.6 Å². The Morgan fingerprint density at radius 1 is 1.04 bits per heavy atom. The molecule has 0 N–H and O–H groups in total. The molecule has 1 amide bonds. The molecule has 0 saturated carbocycles. The Bertz CT molecular complexity index is 825. The smallest absolute Gasteiger partial charge is 0.256 e. The molecule has 0 aliphatic heterocycles. The van der Waals surface area contributed by atoms with Crippen LogP contribution in [0.1, 0.15) is 29.8 Å². The van der Waals surface area contributed by atoms with Crippen molar-refractivity contribution in [3.8, 4) is 0 Å². The van der Waals surface area contributed by atoms with Gasteiger partial charge in [-0.15, -0.1) is 0 Å². The standard InChI is InChI=1S/C20H21N3O/c1-15(2)13-23(14-16-8-11-21-12-9-16)20(24)18-7-3-5-17-6-4-10-22-19(17)18/h3-12,15H,13-14H2,1-2H3. The predicted octanol–water partition coefficient (Wildman–Crippen LogP) is 3.93. The summed E-state index contributed by atoms with van der Waals surface area (Å²) in [6.07, 6.45) is 5.24. The number of hydrogen-bond donors (Lipinski definition) is 0. The topological polar surface area (TPSA) is 46.1 Å². The van der Waals surface area contributed by atoms with Gasteiger partial charge in [0.05, 0.1) is 11.1 Å². The fourth-order valence-electron chi connectivity index (χ4n) is 2.82. The number of nitrogens with zero attached hydrogens (tertiary/aromatic N) is 3. The molecule has 4 nitrogen and oxygen atoms in total. The average molecular weight is 319 g/mol. The predicted molar refractivity (Wildman–Crippen MR) is 95.6 cm³/mol. The van der Waals surface area contributed by atoms with Crippen LogP contribution in [0.25, 0.3) is 10.9 Å². The van der Waals surface area contributed by atoms with Crippen molar-refractivity contribution in [2.24, 2.45) is 5.92 Å². The van der Waals surface area contributed by atoms with Crippen molar-refractivity contribution in [1.29, 1.82) is 0 Å². The van der Waals surface area contributed by atoms with Gasteiger partial charge in [0.25, 0.3) is 5.91 Å². The van der Waals surface area contributed by atoms with E-state index in [2.05, 4.69) is 23.8 Å². The summed E-state index contributed by atoms with van der Waals surface area (Å²) in [5.74, 6) is 0.406. The number of amides is 1. The first-order chi connectivity index (χ1) is 11.6. The lowest BCUT2D eigenvalue weighted by Crippen LogP contribution is -2.34. The van der Waals surface area contributed by atoms with Crippen molar-refractivity contribution in [3.63, 3.8) is 0 Å². The maximum atomic E-state index is 13.2. The van der Waals surface area contributed by atoms with Gasteiger partial charge in [-0.05, 0) is 35.7 Å². The number of fused-ring (bicyclic) bond motifs is 1. The zero-order chi connectivity index (χ0) is 16.9. The second-order valence-corrected chi connectivity index (χ2v) is 6.32. The highest BCUT2D eigenvalue weighted by Gasteiger charge is 2.19. The number of rotatable bonds is 5. The second kappa shape index (κ2) is 7.21. The SMILES string of the molecule is CC(C)CN(Cc1ccncc1)C(=O)c1cccc2cccnc12. The van der Waals surface area contributed by atoms with Gasteiger partial charge in [-0.2, -0.15) is 0 Å². The molecular formula is C20H21N3O. The third kappa shape index (κ3) is 3.59. The molecule has 24 heavy (non-hydrogen) atoms. The molecule has 1 aromatic carbocycles. The Morgan fingerprint density at radius 2 is 1.79 bits per heavy atom. The molecule has 3 rings (SSSR count). The monoisotopic (exact) mass is 319 g/mol. The van der Waals surface area contributed by atoms with Crippen molar-refractivity contribution in [1.82, 2.24) is 14.9 Å². The molecule has 3 aromatic rings. The van der Waals surface area contributed by atoms with E-state index in [1.807, 2.05) is 47.4 Å². The maximum absolute atomic E-state index is 13.2. The molecule has 0 bridgehead atoms. The van der Waals surface area contributed by atoms with Crippen molar-refractivity contribution in [2.75, 3.05) is 6.54 Å². The van der Waals surface area contributed by atoms with Gasteiger partial charge in [-0.1, -0.05) is 32.0 Å². The molecule has 4 heteroatoms. The lowest BCUT2D eigenvalue weighted by Gasteiger charge is -2.25. The summed E-state index contributed by atoms with van der Waals surface area (Å²) in [6, 6.07) is 13.5. The molecule has 0 spiro atoms. The maximum Gasteiger partial charge on any atom is 0.256 e. The third-order valence-corrected chi connectivity index (χ3v) is 3.86. The molecule has 0 atom stereocenters. The van der Waals surface area contributed by atoms with Crippen LogP contribution in [0.15, 0.2) is 61.1 Å². The lowest BCUT2D eigenvalue weighted by molar-refractivity contribution is 0.0724. The van der Waals surface area contributed by atoms with E-state index in [0.29, 0.717) is 24.6 Å². The quantitative estimate of drug-likeness (QED) is 0.716. The van der Waals surface area contributed by atoms with Crippen LogP contribution in [0.4, 0.5) is 0 Å². The van der Waals surface area contributed by atoms with Gasteiger partial charge < -0.3 is 4.90 Å². The van der Waals surface area contributed by atoms with Crippen LogP contribution in [0, 0.1) is 5.92 Å². The summed E-state index contributed by atoms with van der Waals surface area (Å²) in [6.45, 7) is 5.51. The van der Waals surface area contributed by atoms with E-state index >= 15 is 0 Å². The van der Waals surface area contributed by atoms with Crippen molar-refractivity contribution >= 4 is 16.8 Å². The molecule has 122 valence electrons. The van der Waals surface area contributed by atoms with E-state index in [0.717, 1.165) is 16.5 Å². The summed E-state index contributed by atoms with van der Waals surface area (Å²) in [5, 5.41) is 0.983. The minimum Gasteiger partial charge on any atom is -0.334 e. The van der Waals surface area contributed by atoms with Crippen LogP contribution in [0.2, 0.25) is 0 Å². The Balaban J connectivity index is 1.95. The number of carbonyl (C=O) groups is 1. The first-order valence-corrected chi connectivity index (χ1v) is 8.17. The highest BCUT2D eigenvalue weighted by molar-refractivity contribution is 6.05. The largest absolute Gasteiger partial charge is 0.334 e. The molecular weight excluding hydrogens is 298 g/mol. The number of aromatic nitrogens is 2. The third-order valence-electron chi connectivity index (χ3n) is 3.86. The van der Waals surface area contributed by atoms with Crippen molar-refractivity contribution in [3.05, 3.63) is 72.2 Å². The van der Waals surface area contributed by atoms with E-state index in [9.17, 15) is 4.79 Å². The molecule has 2 heterocycles. The number of carbonyl (C=O) groups excluding carboxylic acids is 1. The van der Waals surface area contributed by atoms with Crippen molar-refractivity contribution < 1.29 is 4.79 Å². The first kappa shape index (κ1) is 16.1. The zero-order valence-electron chi connectivity index (χ0n) is 14.0. The fourth-order valence-corrected chi connectivity index (χ4v) is 2.82. The van der Waals surface area contributed by atoms with Gasteiger partial charge in [-0.25, -0.2) is 0 Å². The second-order valence-electron chi connectivity index (χ2n) is 6.32. The highest BCUT2D eigenvalue weighted by Crippen LogP contribution is 2.19. The summed E-state index contributed by atoms with van der Waals surface area (Å²) in [4.78, 5) is 23.5. The van der Waals surface area contributed by atoms with Gasteiger partial charge in [-0.3, -0.25) is 14.8 Å². The average Bonchev–Trinajstić information content (AvgIpc) is 2.60. The Labute approximate surface area is 142 Å². The van der Waals surface area contributed by atoms with Crippen molar-refractivity contribution in [2.45, 2.75) is 20.4 Å². The molecule has 0 aliphatic rings. The normalized spacial score (nSPS) is 11.0. The van der Waals surface area contributed by atoms with Gasteiger partial charge in [0, 0.05) is 37.1 Å². The molecule has 0 radical (unpaired) electrons. The Morgan fingerprint density at radius 3 is 2.54 bits per heavy atom. The van der Waals surface area contributed by atoms with Crippen LogP contribution in [-0.4, -0.2) is 27.3 Å². The van der Waals surface area contributed by atoms with Crippen LogP contribution in [0.3, 0.4) is 0 Å². The van der Waals surface area contributed by atoms with Gasteiger partial charge >= 0.3 is 0 Å². The van der Waals surface area contributed by atoms with E-state index < -0.39 is 0 Å². The van der Waals surface area contributed by atoms with Crippen LogP contribution >= 0.6 is 0 Å². The lowest BCUT2D eigenvalue weighted by atomic mass is 10.1. The highest BCUT2D eigenvalue weighted by atomic mass is 16.2. The zero-order valence-corrected chi connectivity index (χ0v) is 14.0. The molecule has 0 unspecified atom stereocenters. The van der Waals surface area contributed by atoms with E-state index in [4.69, 9.17) is 0 Å². The Hall–Kier alpha value is -2.75. The van der Waals surface area contributed by atoms with Crippen LogP contribution in [0.5, 0.6) is 0 Å². The number of hydrogen-bond acceptors (Lipinski definition) is 3. The van der Waals surface area contributed by atoms with E-state index in [-0.39, 0.29) is 5.91 Å². The summed E-state index contributed by atoms with van der Waals surface area (Å²) in [7, 11) is 0. The van der Waals surface area contributed by atoms with E-state index in [1.165, 1.54) is 0 Å². The van der Waals surface area contributed by atoms with Crippen LogP contribution < -0.4 is 0 Å². The minimum absolute atomic E-state index is 0.0183. The minimum atomic E-state index is 0.0183. The number of benzene rings is 1. The molecule has 0 fully saturated rings. The summed E-state index contributed by atoms with van der Waals surface area (Å²) < 4.78 is 0. The molecule has 0 saturated heterocycles. The first-order valence-electron chi connectivity index (χ1n) is 8.17. The molecule has 2 aromatic heterocycles.